The molecule has 5 nitrogen and oxygen atoms in total. The minimum Gasteiger partial charge on any atom is -0.378 e. The third-order valence-corrected chi connectivity index (χ3v) is 8.24. The molecule has 2 bridgehead atoms. The van der Waals surface area contributed by atoms with Gasteiger partial charge >= 0.3 is 0 Å². The van der Waals surface area contributed by atoms with Crippen LogP contribution in [0.2, 0.25) is 0 Å². The Balaban J connectivity index is 1.23. The maximum atomic E-state index is 6.38. The number of rotatable bonds is 6. The van der Waals surface area contributed by atoms with Crippen molar-refractivity contribution in [1.29, 1.82) is 0 Å². The first-order valence-electron chi connectivity index (χ1n) is 11.8. The lowest BCUT2D eigenvalue weighted by atomic mass is 9.98. The zero-order valence-corrected chi connectivity index (χ0v) is 18.7. The van der Waals surface area contributed by atoms with Crippen LogP contribution in [-0.4, -0.2) is 47.3 Å². The maximum Gasteiger partial charge on any atom is 0.141 e. The van der Waals surface area contributed by atoms with Gasteiger partial charge in [-0.3, -0.25) is 0 Å². The number of hydrogen-bond donors (Lipinski definition) is 1. The quantitative estimate of drug-likeness (QED) is 0.591. The van der Waals surface area contributed by atoms with E-state index in [4.69, 9.17) is 9.72 Å². The van der Waals surface area contributed by atoms with Crippen molar-refractivity contribution in [3.8, 4) is 11.1 Å². The number of nitrogens with one attached hydrogen (secondary N) is 1. The van der Waals surface area contributed by atoms with Crippen molar-refractivity contribution in [2.45, 2.75) is 69.2 Å². The van der Waals surface area contributed by atoms with E-state index in [0.29, 0.717) is 24.2 Å². The van der Waals surface area contributed by atoms with E-state index < -0.39 is 0 Å². The monoisotopic (exact) mass is 434 g/mol. The molecule has 3 aliphatic rings. The van der Waals surface area contributed by atoms with E-state index in [1.165, 1.54) is 48.7 Å². The molecule has 3 atom stereocenters. The van der Waals surface area contributed by atoms with E-state index in [0.717, 1.165) is 36.5 Å². The third kappa shape index (κ3) is 3.75. The van der Waals surface area contributed by atoms with E-state index in [9.17, 15) is 0 Å². The van der Waals surface area contributed by atoms with Crippen LogP contribution in [0.25, 0.3) is 21.3 Å². The van der Waals surface area contributed by atoms with Crippen LogP contribution in [0, 0.1) is 0 Å². The minimum atomic E-state index is 0.392. The van der Waals surface area contributed by atoms with E-state index in [-0.39, 0.29) is 0 Å². The van der Waals surface area contributed by atoms with E-state index in [1.54, 1.807) is 17.7 Å². The molecule has 3 unspecified atom stereocenters. The van der Waals surface area contributed by atoms with Crippen LogP contribution in [0.3, 0.4) is 0 Å². The lowest BCUT2D eigenvalue weighted by Gasteiger charge is -2.40. The van der Waals surface area contributed by atoms with E-state index in [2.05, 4.69) is 50.9 Å². The largest absolute Gasteiger partial charge is 0.378 e. The summed E-state index contributed by atoms with van der Waals surface area (Å²) >= 11 is 1.73. The van der Waals surface area contributed by atoms with Gasteiger partial charge in [0.05, 0.1) is 11.5 Å². The first-order chi connectivity index (χ1) is 15.4. The lowest BCUT2D eigenvalue weighted by molar-refractivity contribution is 0.0224. The Morgan fingerprint density at radius 2 is 1.90 bits per heavy atom. The number of aromatic nitrogens is 2. The van der Waals surface area contributed by atoms with E-state index in [1.807, 2.05) is 0 Å². The van der Waals surface area contributed by atoms with Gasteiger partial charge in [0.1, 0.15) is 17.0 Å². The summed E-state index contributed by atoms with van der Waals surface area (Å²) in [7, 11) is 0. The fourth-order valence-corrected chi connectivity index (χ4v) is 6.78. The van der Waals surface area contributed by atoms with Gasteiger partial charge in [-0.05, 0) is 57.1 Å². The van der Waals surface area contributed by atoms with Gasteiger partial charge in [0.2, 0.25) is 0 Å². The molecule has 0 spiro atoms. The van der Waals surface area contributed by atoms with Gasteiger partial charge in [-0.2, -0.15) is 0 Å². The predicted octanol–water partition coefficient (Wildman–Crippen LogP) is 5.02. The molecule has 3 aliphatic heterocycles. The first-order valence-corrected chi connectivity index (χ1v) is 12.7. The molecule has 3 fully saturated rings. The molecule has 1 aromatic carbocycles. The summed E-state index contributed by atoms with van der Waals surface area (Å²) in [6.07, 6.45) is 10.6. The number of benzene rings is 1. The zero-order chi connectivity index (χ0) is 20.6. The Bertz CT molecular complexity index is 1020. The molecule has 3 aromatic rings. The lowest BCUT2D eigenvalue weighted by Crippen LogP contribution is -2.46. The number of piperidine rings is 1. The van der Waals surface area contributed by atoms with E-state index >= 15 is 0 Å². The summed E-state index contributed by atoms with van der Waals surface area (Å²) in [5.74, 6) is 1.13. The van der Waals surface area contributed by atoms with Gasteiger partial charge in [0.25, 0.3) is 0 Å². The molecular formula is C25H30N4OS. The standard InChI is InChI=1S/C25H30N4OS/c1-2-5-17(6-3-1)22-15-31-25-23(22)24(27-16-28-25)29-19-8-9-20(29)14-21(13-19)30-12-10-18-7-4-11-26-18/h1-3,5-6,15-16,18-21,26H,4,7-14H2. The molecule has 5 heterocycles. The predicted molar refractivity (Wildman–Crippen MR) is 127 cm³/mol. The molecule has 0 saturated carbocycles. The van der Waals surface area contributed by atoms with Crippen LogP contribution < -0.4 is 10.2 Å². The molecule has 6 heteroatoms. The van der Waals surface area contributed by atoms with Crippen LogP contribution in [0.15, 0.2) is 42.0 Å². The molecule has 31 heavy (non-hydrogen) atoms. The highest BCUT2D eigenvalue weighted by Gasteiger charge is 2.42. The van der Waals surface area contributed by atoms with Gasteiger partial charge in [0, 0.05) is 35.7 Å². The van der Waals surface area contributed by atoms with Crippen molar-refractivity contribution in [3.05, 3.63) is 42.0 Å². The van der Waals surface area contributed by atoms with Crippen molar-refractivity contribution in [1.82, 2.24) is 15.3 Å². The highest BCUT2D eigenvalue weighted by atomic mass is 32.1. The van der Waals surface area contributed by atoms with Gasteiger partial charge < -0.3 is 15.0 Å². The molecule has 1 N–H and O–H groups in total. The second kappa shape index (κ2) is 8.49. The van der Waals surface area contributed by atoms with Gasteiger partial charge in [-0.15, -0.1) is 11.3 Å². The average molecular weight is 435 g/mol. The summed E-state index contributed by atoms with van der Waals surface area (Å²) in [6.45, 7) is 2.07. The van der Waals surface area contributed by atoms with Crippen LogP contribution in [0.1, 0.15) is 44.9 Å². The molecule has 6 rings (SSSR count). The third-order valence-electron chi connectivity index (χ3n) is 7.35. The molecule has 0 radical (unpaired) electrons. The normalized spacial score (nSPS) is 27.9. The molecule has 3 saturated heterocycles. The maximum absolute atomic E-state index is 6.38. The second-order valence-electron chi connectivity index (χ2n) is 9.23. The number of fused-ring (bicyclic) bond motifs is 3. The van der Waals surface area contributed by atoms with Crippen LogP contribution in [0.5, 0.6) is 0 Å². The Morgan fingerprint density at radius 1 is 1.06 bits per heavy atom. The van der Waals surface area contributed by atoms with Gasteiger partial charge in [-0.1, -0.05) is 30.3 Å². The van der Waals surface area contributed by atoms with Crippen LogP contribution >= 0.6 is 11.3 Å². The van der Waals surface area contributed by atoms with Crippen molar-refractivity contribution < 1.29 is 4.74 Å². The summed E-state index contributed by atoms with van der Waals surface area (Å²) in [6, 6.07) is 12.4. The van der Waals surface area contributed by atoms with Gasteiger partial charge in [0.15, 0.2) is 0 Å². The number of thiophene rings is 1. The summed E-state index contributed by atoms with van der Waals surface area (Å²) in [5, 5.41) is 7.05. The number of ether oxygens (including phenoxy) is 1. The van der Waals surface area contributed by atoms with Crippen molar-refractivity contribution in [2.24, 2.45) is 0 Å². The van der Waals surface area contributed by atoms with Crippen LogP contribution in [-0.2, 0) is 4.74 Å². The molecule has 0 aliphatic carbocycles. The topological polar surface area (TPSA) is 50.3 Å². The highest BCUT2D eigenvalue weighted by Crippen LogP contribution is 2.45. The summed E-state index contributed by atoms with van der Waals surface area (Å²) in [5.41, 5.74) is 2.51. The molecule has 162 valence electrons. The van der Waals surface area contributed by atoms with Crippen molar-refractivity contribution in [2.75, 3.05) is 18.1 Å². The SMILES string of the molecule is c1ccc(-c2csc3ncnc(N4C5CCC4CC(OCCC4CCCN4)C5)c23)cc1. The number of hydrogen-bond acceptors (Lipinski definition) is 6. The Kier molecular flexibility index (Phi) is 5.38. The zero-order valence-electron chi connectivity index (χ0n) is 17.9. The Labute approximate surface area is 187 Å². The fourth-order valence-electron chi connectivity index (χ4n) is 5.87. The molecular weight excluding hydrogens is 404 g/mol. The number of nitrogens with zero attached hydrogens (tertiary/aromatic N) is 3. The molecule has 2 aromatic heterocycles. The highest BCUT2D eigenvalue weighted by molar-refractivity contribution is 7.17. The van der Waals surface area contributed by atoms with Crippen molar-refractivity contribution in [3.63, 3.8) is 0 Å². The van der Waals surface area contributed by atoms with Crippen molar-refractivity contribution >= 4 is 27.4 Å². The smallest absolute Gasteiger partial charge is 0.141 e. The second-order valence-corrected chi connectivity index (χ2v) is 10.1. The Hall–Kier alpha value is -2.02. The fraction of sp³-hybridized carbons (Fsp3) is 0.520. The minimum absolute atomic E-state index is 0.392. The van der Waals surface area contributed by atoms with Crippen LogP contribution in [0.4, 0.5) is 5.82 Å². The van der Waals surface area contributed by atoms with Gasteiger partial charge in [-0.25, -0.2) is 9.97 Å². The number of anilines is 1. The average Bonchev–Trinajstić information content (AvgIpc) is 3.53. The first kappa shape index (κ1) is 19.6. The summed E-state index contributed by atoms with van der Waals surface area (Å²) < 4.78 is 6.38. The molecule has 0 amide bonds. The summed E-state index contributed by atoms with van der Waals surface area (Å²) in [4.78, 5) is 13.1. The Morgan fingerprint density at radius 3 is 2.68 bits per heavy atom.